The molecule has 0 unspecified atom stereocenters. The molecule has 2 aliphatic heterocycles. The molecule has 240 valence electrons. The Bertz CT molecular complexity index is 1580. The van der Waals surface area contributed by atoms with Gasteiger partial charge in [-0.25, -0.2) is 0 Å². The topological polar surface area (TPSA) is 80.3 Å². The molecule has 2 fully saturated rings. The van der Waals surface area contributed by atoms with Crippen LogP contribution >= 0.6 is 0 Å². The molecule has 6 rings (SSSR count). The van der Waals surface area contributed by atoms with Gasteiger partial charge >= 0.3 is 0 Å². The highest BCUT2D eigenvalue weighted by Crippen LogP contribution is 2.43. The summed E-state index contributed by atoms with van der Waals surface area (Å²) in [6.07, 6.45) is 1.55. The molecule has 4 aromatic carbocycles. The maximum absolute atomic E-state index is 12.6. The highest BCUT2D eigenvalue weighted by molar-refractivity contribution is 5.94. The van der Waals surface area contributed by atoms with Crippen molar-refractivity contribution in [2.45, 2.75) is 57.5 Å². The fourth-order valence-corrected chi connectivity index (χ4v) is 6.68. The van der Waals surface area contributed by atoms with Crippen LogP contribution in [0.5, 0.6) is 0 Å². The minimum Gasteiger partial charge on any atom is -0.392 e. The predicted molar refractivity (Wildman–Crippen MR) is 179 cm³/mol. The van der Waals surface area contributed by atoms with E-state index in [1.54, 1.807) is 7.11 Å². The van der Waals surface area contributed by atoms with E-state index in [9.17, 15) is 9.90 Å². The van der Waals surface area contributed by atoms with Gasteiger partial charge in [0.2, 0.25) is 0 Å². The zero-order chi connectivity index (χ0) is 31.9. The first-order valence-corrected chi connectivity index (χ1v) is 16.3. The molecule has 7 nitrogen and oxygen atoms in total. The van der Waals surface area contributed by atoms with E-state index in [0.29, 0.717) is 18.2 Å². The van der Waals surface area contributed by atoms with E-state index in [1.165, 1.54) is 0 Å². The minimum absolute atomic E-state index is 0.0129. The Morgan fingerprint density at radius 1 is 0.891 bits per heavy atom. The van der Waals surface area contributed by atoms with E-state index >= 15 is 0 Å². The number of carbonyl (C=O) groups is 1. The van der Waals surface area contributed by atoms with Gasteiger partial charge in [-0.2, -0.15) is 0 Å². The van der Waals surface area contributed by atoms with Gasteiger partial charge in [-0.15, -0.1) is 0 Å². The molecule has 7 heteroatoms. The van der Waals surface area contributed by atoms with Crippen molar-refractivity contribution in [2.24, 2.45) is 5.92 Å². The zero-order valence-electron chi connectivity index (χ0n) is 26.7. The van der Waals surface area contributed by atoms with E-state index in [0.717, 1.165) is 65.9 Å². The molecule has 4 aromatic rings. The lowest BCUT2D eigenvalue weighted by Gasteiger charge is -2.43. The van der Waals surface area contributed by atoms with Crippen LogP contribution < -0.4 is 5.32 Å². The summed E-state index contributed by atoms with van der Waals surface area (Å²) in [5, 5.41) is 12.6. The summed E-state index contributed by atoms with van der Waals surface area (Å²) < 4.78 is 19.1. The second-order valence-electron chi connectivity index (χ2n) is 12.4. The van der Waals surface area contributed by atoms with Crippen molar-refractivity contribution in [2.75, 3.05) is 26.8 Å². The average molecular weight is 621 g/mol. The first-order valence-electron chi connectivity index (χ1n) is 16.3. The van der Waals surface area contributed by atoms with Crippen molar-refractivity contribution in [3.8, 4) is 11.1 Å². The van der Waals surface area contributed by atoms with Crippen molar-refractivity contribution < 1.29 is 24.1 Å². The molecule has 2 heterocycles. The SMILES string of the molecule is COC[C@@H]1CCCN1C[C@@H]1O[C@H](c2cccc(-c3cccc(CNC(=O)c4ccccc4)c3)c2)O[C@H](c2ccc(CO)cc2)[C@@H]1C. The van der Waals surface area contributed by atoms with Crippen LogP contribution in [0.2, 0.25) is 0 Å². The number of ether oxygens (including phenoxy) is 3. The summed E-state index contributed by atoms with van der Waals surface area (Å²) in [4.78, 5) is 15.1. The Morgan fingerprint density at radius 3 is 2.41 bits per heavy atom. The van der Waals surface area contributed by atoms with Crippen molar-refractivity contribution in [3.63, 3.8) is 0 Å². The number of methoxy groups -OCH3 is 1. The molecule has 1 amide bonds. The van der Waals surface area contributed by atoms with Crippen molar-refractivity contribution in [1.29, 1.82) is 0 Å². The molecule has 0 saturated carbocycles. The smallest absolute Gasteiger partial charge is 0.251 e. The van der Waals surface area contributed by atoms with Crippen LogP contribution in [0, 0.1) is 5.92 Å². The van der Waals surface area contributed by atoms with Crippen molar-refractivity contribution in [1.82, 2.24) is 10.2 Å². The summed E-state index contributed by atoms with van der Waals surface area (Å²) in [7, 11) is 1.77. The van der Waals surface area contributed by atoms with Gasteiger partial charge in [0, 0.05) is 43.3 Å². The van der Waals surface area contributed by atoms with Gasteiger partial charge in [0.1, 0.15) is 0 Å². The Labute approximate surface area is 272 Å². The third kappa shape index (κ3) is 7.57. The Morgan fingerprint density at radius 2 is 1.65 bits per heavy atom. The van der Waals surface area contributed by atoms with Gasteiger partial charge in [-0.05, 0) is 71.5 Å². The fraction of sp³-hybridized carbons (Fsp3) is 0.359. The normalized spacial score (nSPS) is 23.3. The van der Waals surface area contributed by atoms with Crippen LogP contribution in [-0.2, 0) is 27.4 Å². The maximum Gasteiger partial charge on any atom is 0.251 e. The number of carbonyl (C=O) groups excluding carboxylic acids is 1. The van der Waals surface area contributed by atoms with Crippen LogP contribution in [0.1, 0.15) is 64.8 Å². The Kier molecular flexibility index (Phi) is 10.6. The van der Waals surface area contributed by atoms with E-state index in [1.807, 2.05) is 54.6 Å². The number of nitrogens with zero attached hydrogens (tertiary/aromatic N) is 1. The number of hydrogen-bond donors (Lipinski definition) is 2. The molecule has 0 spiro atoms. The van der Waals surface area contributed by atoms with Gasteiger partial charge in [-0.3, -0.25) is 9.69 Å². The molecule has 5 atom stereocenters. The maximum atomic E-state index is 12.6. The second kappa shape index (κ2) is 15.2. The lowest BCUT2D eigenvalue weighted by atomic mass is 9.89. The summed E-state index contributed by atoms with van der Waals surface area (Å²) >= 11 is 0. The Hall–Kier alpha value is -3.85. The molecule has 2 aliphatic rings. The van der Waals surface area contributed by atoms with Gasteiger partial charge < -0.3 is 24.6 Å². The molecule has 0 radical (unpaired) electrons. The fourth-order valence-electron chi connectivity index (χ4n) is 6.68. The van der Waals surface area contributed by atoms with Gasteiger partial charge in [0.25, 0.3) is 5.91 Å². The third-order valence-corrected chi connectivity index (χ3v) is 9.30. The van der Waals surface area contributed by atoms with Crippen LogP contribution in [-0.4, -0.2) is 54.9 Å². The molecule has 0 bridgehead atoms. The average Bonchev–Trinajstić information content (AvgIpc) is 3.55. The second-order valence-corrected chi connectivity index (χ2v) is 12.4. The molecule has 2 N–H and O–H groups in total. The highest BCUT2D eigenvalue weighted by atomic mass is 16.7. The van der Waals surface area contributed by atoms with Gasteiger partial charge in [-0.1, -0.05) is 85.8 Å². The van der Waals surface area contributed by atoms with E-state index < -0.39 is 6.29 Å². The number of likely N-dealkylation sites (tertiary alicyclic amines) is 1. The van der Waals surface area contributed by atoms with E-state index in [4.69, 9.17) is 14.2 Å². The third-order valence-electron chi connectivity index (χ3n) is 9.30. The minimum atomic E-state index is -0.541. The molecule has 46 heavy (non-hydrogen) atoms. The van der Waals surface area contributed by atoms with Gasteiger partial charge in [0.05, 0.1) is 25.4 Å². The van der Waals surface area contributed by atoms with Crippen LogP contribution in [0.25, 0.3) is 11.1 Å². The molecule has 0 aromatic heterocycles. The van der Waals surface area contributed by atoms with Gasteiger partial charge in [0.15, 0.2) is 6.29 Å². The molecule has 2 saturated heterocycles. The first-order chi connectivity index (χ1) is 22.5. The summed E-state index contributed by atoms with van der Waals surface area (Å²) in [6, 6.07) is 34.3. The summed E-state index contributed by atoms with van der Waals surface area (Å²) in [6.45, 7) is 5.25. The number of hydrogen-bond acceptors (Lipinski definition) is 6. The quantitative estimate of drug-likeness (QED) is 0.195. The molecular weight excluding hydrogens is 576 g/mol. The lowest BCUT2D eigenvalue weighted by Crippen LogP contribution is -2.46. The number of aliphatic hydroxyl groups excluding tert-OH is 1. The van der Waals surface area contributed by atoms with E-state index in [-0.39, 0.29) is 30.6 Å². The highest BCUT2D eigenvalue weighted by Gasteiger charge is 2.40. The standard InChI is InChI=1S/C39H44N2O5/c1-27-36(24-41-20-8-15-35(41)26-44-2)45-39(46-37(27)30-18-16-28(25-42)17-19-30)34-14-7-13-33(22-34)32-12-6-9-29(21-32)23-40-38(43)31-10-4-3-5-11-31/h3-7,9-14,16-19,21-22,27,35-37,39,42H,8,15,20,23-26H2,1-2H3,(H,40,43)/t27-,35+,36+,37+,39+/m1/s1. The monoisotopic (exact) mass is 620 g/mol. The molecular formula is C39H44N2O5. The largest absolute Gasteiger partial charge is 0.392 e. The van der Waals surface area contributed by atoms with Crippen molar-refractivity contribution in [3.05, 3.63) is 131 Å². The number of amides is 1. The van der Waals surface area contributed by atoms with Crippen LogP contribution in [0.15, 0.2) is 103 Å². The zero-order valence-corrected chi connectivity index (χ0v) is 26.7. The number of benzene rings is 4. The van der Waals surface area contributed by atoms with E-state index in [2.05, 4.69) is 65.7 Å². The van der Waals surface area contributed by atoms with Crippen molar-refractivity contribution >= 4 is 5.91 Å². The summed E-state index contributed by atoms with van der Waals surface area (Å²) in [5.74, 6) is 0.0254. The van der Waals surface area contributed by atoms with Crippen LogP contribution in [0.3, 0.4) is 0 Å². The van der Waals surface area contributed by atoms with Crippen LogP contribution in [0.4, 0.5) is 0 Å². The number of rotatable bonds is 11. The first kappa shape index (κ1) is 32.1. The Balaban J connectivity index is 1.23. The summed E-state index contributed by atoms with van der Waals surface area (Å²) in [5.41, 5.74) is 6.71. The number of aliphatic hydroxyl groups is 1. The predicted octanol–water partition coefficient (Wildman–Crippen LogP) is 6.68. The molecule has 0 aliphatic carbocycles. The lowest BCUT2D eigenvalue weighted by molar-refractivity contribution is -0.276. The number of nitrogens with one attached hydrogen (secondary N) is 1.